The summed E-state index contributed by atoms with van der Waals surface area (Å²) in [5.41, 5.74) is 3.51. The zero-order valence-corrected chi connectivity index (χ0v) is 15.5. The van der Waals surface area contributed by atoms with Gasteiger partial charge >= 0.3 is 0 Å². The molecule has 26 heavy (non-hydrogen) atoms. The van der Waals surface area contributed by atoms with Crippen LogP contribution in [0.1, 0.15) is 36.3 Å². The molecule has 1 N–H and O–H groups in total. The van der Waals surface area contributed by atoms with Crippen molar-refractivity contribution >= 4 is 16.8 Å². The van der Waals surface area contributed by atoms with Crippen molar-refractivity contribution in [3.05, 3.63) is 57.9 Å². The summed E-state index contributed by atoms with van der Waals surface area (Å²) >= 11 is 0. The average molecular weight is 353 g/mol. The van der Waals surface area contributed by atoms with Crippen LogP contribution in [-0.2, 0) is 18.4 Å². The van der Waals surface area contributed by atoms with Crippen molar-refractivity contribution in [2.75, 3.05) is 0 Å². The molecule has 0 radical (unpaired) electrons. The van der Waals surface area contributed by atoms with Crippen LogP contribution < -0.4 is 10.9 Å². The normalized spacial score (nSPS) is 12.3. The van der Waals surface area contributed by atoms with Crippen molar-refractivity contribution in [3.8, 4) is 0 Å². The monoisotopic (exact) mass is 353 g/mol. The van der Waals surface area contributed by atoms with Gasteiger partial charge in [-0.25, -0.2) is 4.98 Å². The Morgan fingerprint density at radius 2 is 2.00 bits per heavy atom. The molecule has 0 aliphatic heterocycles. The number of nitrogens with one attached hydrogen (secondary N) is 1. The van der Waals surface area contributed by atoms with E-state index < -0.39 is 0 Å². The molecule has 1 unspecified atom stereocenters. The predicted molar refractivity (Wildman–Crippen MR) is 99.9 cm³/mol. The number of rotatable bonds is 5. The van der Waals surface area contributed by atoms with E-state index in [0.717, 1.165) is 17.0 Å². The number of benzene rings is 1. The first-order chi connectivity index (χ1) is 12.4. The Kier molecular flexibility index (Phi) is 4.88. The predicted octanol–water partition coefficient (Wildman–Crippen LogP) is 2.01. The lowest BCUT2D eigenvalue weighted by molar-refractivity contribution is -0.121. The maximum atomic E-state index is 12.5. The Bertz CT molecular complexity index is 1020. The number of aromatic nitrogens is 4. The molecular formula is C19H23N5O2. The molecule has 3 aromatic rings. The van der Waals surface area contributed by atoms with Crippen molar-refractivity contribution < 1.29 is 4.79 Å². The summed E-state index contributed by atoms with van der Waals surface area (Å²) in [6.45, 7) is 6.16. The van der Waals surface area contributed by atoms with Crippen molar-refractivity contribution in [1.29, 1.82) is 0 Å². The van der Waals surface area contributed by atoms with Crippen molar-refractivity contribution in [3.63, 3.8) is 0 Å². The smallest absolute Gasteiger partial charge is 0.261 e. The van der Waals surface area contributed by atoms with Crippen molar-refractivity contribution in [2.45, 2.75) is 39.8 Å². The fourth-order valence-corrected chi connectivity index (χ4v) is 3.29. The summed E-state index contributed by atoms with van der Waals surface area (Å²) in [6, 6.07) is 7.06. The fourth-order valence-electron chi connectivity index (χ4n) is 3.29. The molecule has 0 bridgehead atoms. The summed E-state index contributed by atoms with van der Waals surface area (Å²) in [5, 5.41) is 7.94. The van der Waals surface area contributed by atoms with Gasteiger partial charge in [0.1, 0.15) is 0 Å². The molecular weight excluding hydrogens is 330 g/mol. The lowest BCUT2D eigenvalue weighted by Gasteiger charge is -2.15. The number of carbonyl (C=O) groups is 1. The molecule has 0 aliphatic carbocycles. The van der Waals surface area contributed by atoms with Crippen molar-refractivity contribution in [1.82, 2.24) is 24.6 Å². The number of carbonyl (C=O) groups excluding carboxylic acids is 1. The van der Waals surface area contributed by atoms with Gasteiger partial charge in [-0.15, -0.1) is 0 Å². The van der Waals surface area contributed by atoms with Crippen LogP contribution in [0.5, 0.6) is 0 Å². The van der Waals surface area contributed by atoms with E-state index in [2.05, 4.69) is 15.4 Å². The van der Waals surface area contributed by atoms with E-state index in [4.69, 9.17) is 0 Å². The van der Waals surface area contributed by atoms with Gasteiger partial charge in [0.25, 0.3) is 5.56 Å². The standard InChI is InChI=1S/C19H23N5O2/c1-12(18-13(2)22-23(4)14(18)3)21-17(25)9-10-24-11-20-16-8-6-5-7-15(16)19(24)26/h5-8,11-12H,9-10H2,1-4H3,(H,21,25). The van der Waals surface area contributed by atoms with E-state index in [1.54, 1.807) is 12.1 Å². The van der Waals surface area contributed by atoms with Gasteiger partial charge in [0.15, 0.2) is 0 Å². The van der Waals surface area contributed by atoms with E-state index in [-0.39, 0.29) is 23.9 Å². The van der Waals surface area contributed by atoms with Crippen LogP contribution in [0.3, 0.4) is 0 Å². The maximum Gasteiger partial charge on any atom is 0.261 e. The highest BCUT2D eigenvalue weighted by Gasteiger charge is 2.18. The number of aryl methyl sites for hydroxylation is 3. The van der Waals surface area contributed by atoms with Gasteiger partial charge in [-0.3, -0.25) is 18.8 Å². The number of nitrogens with zero attached hydrogens (tertiary/aromatic N) is 4. The number of hydrogen-bond acceptors (Lipinski definition) is 4. The van der Waals surface area contributed by atoms with Crippen molar-refractivity contribution in [2.24, 2.45) is 7.05 Å². The molecule has 7 nitrogen and oxygen atoms in total. The molecule has 1 aromatic carbocycles. The van der Waals surface area contributed by atoms with Crippen LogP contribution in [-0.4, -0.2) is 25.2 Å². The van der Waals surface area contributed by atoms with E-state index in [0.29, 0.717) is 17.4 Å². The van der Waals surface area contributed by atoms with Gasteiger partial charge in [-0.05, 0) is 32.9 Å². The van der Waals surface area contributed by atoms with Gasteiger partial charge < -0.3 is 5.32 Å². The molecule has 3 rings (SSSR count). The van der Waals surface area contributed by atoms with Crippen LogP contribution >= 0.6 is 0 Å². The van der Waals surface area contributed by atoms with Gasteiger partial charge in [0.2, 0.25) is 5.91 Å². The minimum Gasteiger partial charge on any atom is -0.349 e. The fraction of sp³-hybridized carbons (Fsp3) is 0.368. The van der Waals surface area contributed by atoms with Crippen LogP contribution in [0.25, 0.3) is 10.9 Å². The Morgan fingerprint density at radius 3 is 2.69 bits per heavy atom. The number of fused-ring (bicyclic) bond motifs is 1. The Hall–Kier alpha value is -2.96. The molecule has 0 fully saturated rings. The van der Waals surface area contributed by atoms with Gasteiger partial charge in [-0.1, -0.05) is 12.1 Å². The van der Waals surface area contributed by atoms with E-state index in [9.17, 15) is 9.59 Å². The lowest BCUT2D eigenvalue weighted by Crippen LogP contribution is -2.30. The Morgan fingerprint density at radius 1 is 1.27 bits per heavy atom. The van der Waals surface area contributed by atoms with Gasteiger partial charge in [0.05, 0.1) is 29.0 Å². The first-order valence-corrected chi connectivity index (χ1v) is 8.62. The second kappa shape index (κ2) is 7.11. The molecule has 2 heterocycles. The minimum atomic E-state index is -0.136. The minimum absolute atomic E-state index is 0.111. The number of para-hydroxylation sites is 1. The molecule has 7 heteroatoms. The zero-order valence-electron chi connectivity index (χ0n) is 15.5. The molecule has 2 aromatic heterocycles. The SMILES string of the molecule is Cc1nn(C)c(C)c1C(C)NC(=O)CCn1cnc2ccccc2c1=O. The van der Waals surface area contributed by atoms with Crippen LogP contribution in [0, 0.1) is 13.8 Å². The molecule has 0 saturated heterocycles. The molecule has 0 spiro atoms. The summed E-state index contributed by atoms with van der Waals surface area (Å²) < 4.78 is 3.29. The summed E-state index contributed by atoms with van der Waals surface area (Å²) in [4.78, 5) is 29.1. The second-order valence-corrected chi connectivity index (χ2v) is 6.51. The average Bonchev–Trinajstić information content (AvgIpc) is 2.86. The number of amides is 1. The maximum absolute atomic E-state index is 12.5. The third-order valence-corrected chi connectivity index (χ3v) is 4.69. The Balaban J connectivity index is 1.68. The first kappa shape index (κ1) is 17.8. The van der Waals surface area contributed by atoms with E-state index in [1.807, 2.05) is 44.6 Å². The molecule has 136 valence electrons. The van der Waals surface area contributed by atoms with Gasteiger partial charge in [-0.2, -0.15) is 5.10 Å². The highest BCUT2D eigenvalue weighted by molar-refractivity contribution is 5.77. The quantitative estimate of drug-likeness (QED) is 0.761. The first-order valence-electron chi connectivity index (χ1n) is 8.62. The van der Waals surface area contributed by atoms with E-state index >= 15 is 0 Å². The topological polar surface area (TPSA) is 81.8 Å². The molecule has 0 aliphatic rings. The van der Waals surface area contributed by atoms with E-state index in [1.165, 1.54) is 10.9 Å². The molecule has 0 saturated carbocycles. The van der Waals surface area contributed by atoms with Crippen LogP contribution in [0.4, 0.5) is 0 Å². The summed E-state index contributed by atoms with van der Waals surface area (Å²) in [6.07, 6.45) is 1.71. The lowest BCUT2D eigenvalue weighted by atomic mass is 10.1. The largest absolute Gasteiger partial charge is 0.349 e. The van der Waals surface area contributed by atoms with Gasteiger partial charge in [0, 0.05) is 31.3 Å². The molecule has 1 amide bonds. The number of hydrogen-bond donors (Lipinski definition) is 1. The van der Waals surface area contributed by atoms with Crippen LogP contribution in [0.2, 0.25) is 0 Å². The highest BCUT2D eigenvalue weighted by Crippen LogP contribution is 2.20. The third kappa shape index (κ3) is 3.37. The second-order valence-electron chi connectivity index (χ2n) is 6.51. The third-order valence-electron chi connectivity index (χ3n) is 4.69. The zero-order chi connectivity index (χ0) is 18.8. The highest BCUT2D eigenvalue weighted by atomic mass is 16.2. The summed E-state index contributed by atoms with van der Waals surface area (Å²) in [7, 11) is 1.89. The van der Waals surface area contributed by atoms with Crippen LogP contribution in [0.15, 0.2) is 35.4 Å². The Labute approximate surface area is 151 Å². The summed E-state index contributed by atoms with van der Waals surface area (Å²) in [5.74, 6) is -0.111. The molecule has 1 atom stereocenters.